The van der Waals surface area contributed by atoms with Gasteiger partial charge in [-0.1, -0.05) is 6.07 Å². The van der Waals surface area contributed by atoms with Crippen molar-refractivity contribution in [3.05, 3.63) is 64.7 Å². The first-order chi connectivity index (χ1) is 9.54. The molecule has 3 rings (SSSR count). The predicted molar refractivity (Wildman–Crippen MR) is 70.5 cm³/mol. The van der Waals surface area contributed by atoms with Gasteiger partial charge in [-0.3, -0.25) is 0 Å². The van der Waals surface area contributed by atoms with Crippen LogP contribution in [-0.2, 0) is 0 Å². The van der Waals surface area contributed by atoms with Crippen molar-refractivity contribution in [1.82, 2.24) is 0 Å². The molecular formula is C16H14F2O2. The molecule has 0 aromatic heterocycles. The second-order valence-corrected chi connectivity index (χ2v) is 5.05. The monoisotopic (exact) mass is 276 g/mol. The Labute approximate surface area is 115 Å². The van der Waals surface area contributed by atoms with Crippen LogP contribution in [-0.4, -0.2) is 5.11 Å². The molecule has 2 nitrogen and oxygen atoms in total. The number of aliphatic hydroxyl groups is 1. The summed E-state index contributed by atoms with van der Waals surface area (Å²) < 4.78 is 32.3. The first-order valence-electron chi connectivity index (χ1n) is 6.45. The van der Waals surface area contributed by atoms with Crippen LogP contribution < -0.4 is 4.74 Å². The molecule has 20 heavy (non-hydrogen) atoms. The summed E-state index contributed by atoms with van der Waals surface area (Å²) in [5.41, 5.74) is 1.88. The van der Waals surface area contributed by atoms with E-state index in [2.05, 4.69) is 0 Å². The maximum absolute atomic E-state index is 13.3. The molecule has 0 radical (unpaired) electrons. The van der Waals surface area contributed by atoms with Gasteiger partial charge in [0.15, 0.2) is 0 Å². The highest BCUT2D eigenvalue weighted by Gasteiger charge is 2.28. The summed E-state index contributed by atoms with van der Waals surface area (Å²) in [5, 5.41) is 10.1. The summed E-state index contributed by atoms with van der Waals surface area (Å²) >= 11 is 0. The molecule has 2 atom stereocenters. The van der Waals surface area contributed by atoms with Crippen LogP contribution in [0, 0.1) is 18.6 Å². The third-order valence-electron chi connectivity index (χ3n) is 3.59. The maximum Gasteiger partial charge on any atom is 0.128 e. The lowest BCUT2D eigenvalue weighted by Gasteiger charge is -2.30. The van der Waals surface area contributed by atoms with Crippen LogP contribution in [0.25, 0.3) is 0 Å². The number of ether oxygens (including phenoxy) is 1. The molecular weight excluding hydrogens is 262 g/mol. The zero-order valence-corrected chi connectivity index (χ0v) is 10.9. The second kappa shape index (κ2) is 4.87. The molecule has 2 aromatic rings. The molecule has 0 aliphatic carbocycles. The molecule has 0 saturated heterocycles. The van der Waals surface area contributed by atoms with E-state index < -0.39 is 18.0 Å². The van der Waals surface area contributed by atoms with Crippen LogP contribution in [0.3, 0.4) is 0 Å². The Kier molecular flexibility index (Phi) is 3.18. The molecule has 4 heteroatoms. The van der Waals surface area contributed by atoms with Gasteiger partial charge in [0.1, 0.15) is 23.5 Å². The van der Waals surface area contributed by atoms with Crippen molar-refractivity contribution in [3.8, 4) is 5.75 Å². The van der Waals surface area contributed by atoms with E-state index >= 15 is 0 Å². The smallest absolute Gasteiger partial charge is 0.128 e. The van der Waals surface area contributed by atoms with E-state index in [9.17, 15) is 13.9 Å². The van der Waals surface area contributed by atoms with Gasteiger partial charge in [-0.25, -0.2) is 8.78 Å². The minimum Gasteiger partial charge on any atom is -0.485 e. The van der Waals surface area contributed by atoms with E-state index in [4.69, 9.17) is 4.74 Å². The lowest BCUT2D eigenvalue weighted by molar-refractivity contribution is 0.0653. The molecule has 0 fully saturated rings. The van der Waals surface area contributed by atoms with Crippen LogP contribution in [0.5, 0.6) is 5.75 Å². The van der Waals surface area contributed by atoms with E-state index in [1.165, 1.54) is 24.3 Å². The van der Waals surface area contributed by atoms with Gasteiger partial charge in [-0.15, -0.1) is 0 Å². The number of fused-ring (bicyclic) bond motifs is 1. The van der Waals surface area contributed by atoms with Gasteiger partial charge in [0, 0.05) is 18.1 Å². The fourth-order valence-electron chi connectivity index (χ4n) is 2.49. The second-order valence-electron chi connectivity index (χ2n) is 5.05. The van der Waals surface area contributed by atoms with Gasteiger partial charge in [-0.2, -0.15) is 0 Å². The number of hydrogen-bond acceptors (Lipinski definition) is 2. The van der Waals surface area contributed by atoms with Crippen LogP contribution in [0.4, 0.5) is 8.78 Å². The summed E-state index contributed by atoms with van der Waals surface area (Å²) in [4.78, 5) is 0. The van der Waals surface area contributed by atoms with Gasteiger partial charge >= 0.3 is 0 Å². The SMILES string of the molecule is Cc1cc(C2C[C@@H](O)c3ccc(F)cc3O2)ccc1F. The minimum absolute atomic E-state index is 0.281. The van der Waals surface area contributed by atoms with Crippen molar-refractivity contribution in [2.24, 2.45) is 0 Å². The van der Waals surface area contributed by atoms with Gasteiger partial charge in [0.25, 0.3) is 0 Å². The van der Waals surface area contributed by atoms with E-state index in [0.717, 1.165) is 5.56 Å². The van der Waals surface area contributed by atoms with Gasteiger partial charge in [0.05, 0.1) is 6.10 Å². The first-order valence-corrected chi connectivity index (χ1v) is 6.45. The molecule has 1 aliphatic heterocycles. The van der Waals surface area contributed by atoms with E-state index in [1.54, 1.807) is 19.1 Å². The third kappa shape index (κ3) is 2.27. The zero-order chi connectivity index (χ0) is 14.3. The van der Waals surface area contributed by atoms with Gasteiger partial charge in [0.2, 0.25) is 0 Å². The van der Waals surface area contributed by atoms with Crippen molar-refractivity contribution in [2.45, 2.75) is 25.6 Å². The normalized spacial score (nSPS) is 21.2. The fraction of sp³-hybridized carbons (Fsp3) is 0.250. The highest BCUT2D eigenvalue weighted by molar-refractivity contribution is 5.39. The molecule has 1 unspecified atom stereocenters. The van der Waals surface area contributed by atoms with Crippen molar-refractivity contribution in [3.63, 3.8) is 0 Å². The Hall–Kier alpha value is -1.94. The zero-order valence-electron chi connectivity index (χ0n) is 10.9. The van der Waals surface area contributed by atoms with Crippen molar-refractivity contribution in [2.75, 3.05) is 0 Å². The van der Waals surface area contributed by atoms with Crippen LogP contribution in [0.2, 0.25) is 0 Å². The van der Waals surface area contributed by atoms with E-state index in [0.29, 0.717) is 23.3 Å². The number of hydrogen-bond donors (Lipinski definition) is 1. The van der Waals surface area contributed by atoms with Gasteiger partial charge < -0.3 is 9.84 Å². The third-order valence-corrected chi connectivity index (χ3v) is 3.59. The highest BCUT2D eigenvalue weighted by atomic mass is 19.1. The van der Waals surface area contributed by atoms with E-state index in [1.807, 2.05) is 0 Å². The van der Waals surface area contributed by atoms with Crippen molar-refractivity contribution < 1.29 is 18.6 Å². The predicted octanol–water partition coefficient (Wildman–Crippen LogP) is 3.83. The Morgan fingerprint density at radius 3 is 2.70 bits per heavy atom. The molecule has 0 spiro atoms. The summed E-state index contributed by atoms with van der Waals surface area (Å²) in [7, 11) is 0. The average Bonchev–Trinajstić information content (AvgIpc) is 2.41. The molecule has 0 bridgehead atoms. The molecule has 0 amide bonds. The quantitative estimate of drug-likeness (QED) is 0.857. The van der Waals surface area contributed by atoms with Crippen molar-refractivity contribution >= 4 is 0 Å². The molecule has 1 heterocycles. The van der Waals surface area contributed by atoms with Crippen LogP contribution >= 0.6 is 0 Å². The average molecular weight is 276 g/mol. The van der Waals surface area contributed by atoms with Gasteiger partial charge in [-0.05, 0) is 42.3 Å². The maximum atomic E-state index is 13.3. The van der Waals surface area contributed by atoms with Crippen LogP contribution in [0.15, 0.2) is 36.4 Å². The number of rotatable bonds is 1. The Balaban J connectivity index is 1.96. The molecule has 1 N–H and O–H groups in total. The molecule has 0 saturated carbocycles. The van der Waals surface area contributed by atoms with E-state index in [-0.39, 0.29) is 5.82 Å². The number of aliphatic hydroxyl groups excluding tert-OH is 1. The Bertz CT molecular complexity index is 655. The minimum atomic E-state index is -0.713. The summed E-state index contributed by atoms with van der Waals surface area (Å²) in [6, 6.07) is 8.79. The summed E-state index contributed by atoms with van der Waals surface area (Å²) in [6.45, 7) is 1.67. The summed E-state index contributed by atoms with van der Waals surface area (Å²) in [5.74, 6) is -0.348. The molecule has 104 valence electrons. The topological polar surface area (TPSA) is 29.5 Å². The number of halogens is 2. The van der Waals surface area contributed by atoms with Crippen molar-refractivity contribution in [1.29, 1.82) is 0 Å². The molecule has 2 aromatic carbocycles. The molecule has 1 aliphatic rings. The largest absolute Gasteiger partial charge is 0.485 e. The van der Waals surface area contributed by atoms with Crippen LogP contribution in [0.1, 0.15) is 35.3 Å². The summed E-state index contributed by atoms with van der Waals surface area (Å²) in [6.07, 6.45) is -0.753. The lowest BCUT2D eigenvalue weighted by atomic mass is 9.94. The number of aryl methyl sites for hydroxylation is 1. The fourth-order valence-corrected chi connectivity index (χ4v) is 2.49. The first kappa shape index (κ1) is 13.1. The standard InChI is InChI=1S/C16H14F2O2/c1-9-6-10(2-5-13(9)18)15-8-14(19)12-4-3-11(17)7-16(12)20-15/h2-7,14-15,19H,8H2,1H3/t14-,15?/m1/s1. The Morgan fingerprint density at radius 2 is 1.95 bits per heavy atom. The highest BCUT2D eigenvalue weighted by Crippen LogP contribution is 2.41. The Morgan fingerprint density at radius 1 is 1.15 bits per heavy atom. The number of benzene rings is 2. The lowest BCUT2D eigenvalue weighted by Crippen LogP contribution is -2.19.